The summed E-state index contributed by atoms with van der Waals surface area (Å²) in [5.74, 6) is 0. The molecule has 0 bridgehead atoms. The summed E-state index contributed by atoms with van der Waals surface area (Å²) < 4.78 is 34.5. The molecule has 0 aromatic rings. The number of aliphatic hydroxyl groups excluding tert-OH is 1. The zero-order chi connectivity index (χ0) is 8.91. The molecule has 11 heavy (non-hydrogen) atoms. The van der Waals surface area contributed by atoms with Gasteiger partial charge in [0.05, 0.1) is 6.61 Å². The summed E-state index contributed by atoms with van der Waals surface area (Å²) in [5.41, 5.74) is 5.18. The van der Waals surface area contributed by atoms with E-state index >= 15 is 0 Å². The Kier molecular flexibility index (Phi) is 4.44. The highest BCUT2D eigenvalue weighted by molar-refractivity contribution is 4.60. The molecule has 1 atom stereocenters. The largest absolute Gasteiger partial charge is 0.395 e. The first-order valence-electron chi connectivity index (χ1n) is 3.39. The van der Waals surface area contributed by atoms with Crippen LogP contribution in [0.5, 0.6) is 0 Å². The topological polar surface area (TPSA) is 46.2 Å². The van der Waals surface area contributed by atoms with Crippen LogP contribution in [0.15, 0.2) is 0 Å². The lowest BCUT2D eigenvalue weighted by Gasteiger charge is -2.08. The fraction of sp³-hybridized carbons (Fsp3) is 1.00. The van der Waals surface area contributed by atoms with Crippen LogP contribution in [0.25, 0.3) is 0 Å². The minimum atomic E-state index is -4.10. The van der Waals surface area contributed by atoms with Crippen LogP contribution in [-0.2, 0) is 0 Å². The van der Waals surface area contributed by atoms with E-state index < -0.39 is 18.6 Å². The van der Waals surface area contributed by atoms with Crippen LogP contribution in [-0.4, -0.2) is 23.9 Å². The Labute approximate surface area is 63.2 Å². The third-order valence-corrected chi connectivity index (χ3v) is 1.27. The first-order chi connectivity index (χ1) is 4.95. The lowest BCUT2D eigenvalue weighted by atomic mass is 10.1. The molecule has 0 unspecified atom stereocenters. The Hall–Kier alpha value is -0.290. The van der Waals surface area contributed by atoms with Crippen LogP contribution in [0.3, 0.4) is 0 Å². The molecule has 0 saturated heterocycles. The van der Waals surface area contributed by atoms with Gasteiger partial charge < -0.3 is 10.8 Å². The number of hydrogen-bond donors (Lipinski definition) is 2. The second-order valence-corrected chi connectivity index (χ2v) is 2.45. The fourth-order valence-corrected chi connectivity index (χ4v) is 0.656. The predicted octanol–water partition coefficient (Wildman–Crippen LogP) is 1.04. The average molecular weight is 171 g/mol. The molecular weight excluding hydrogens is 159 g/mol. The quantitative estimate of drug-likeness (QED) is 0.663. The molecule has 0 aliphatic carbocycles. The summed E-state index contributed by atoms with van der Waals surface area (Å²) in [6.45, 7) is -0.252. The minimum absolute atomic E-state index is 0.00870. The molecule has 3 N–H and O–H groups in total. The summed E-state index contributed by atoms with van der Waals surface area (Å²) >= 11 is 0. The first kappa shape index (κ1) is 10.7. The van der Waals surface area contributed by atoms with E-state index in [9.17, 15) is 13.2 Å². The molecule has 0 spiro atoms. The van der Waals surface area contributed by atoms with Gasteiger partial charge >= 0.3 is 6.18 Å². The average Bonchev–Trinajstić information content (AvgIpc) is 1.85. The van der Waals surface area contributed by atoms with E-state index in [1.54, 1.807) is 0 Å². The summed E-state index contributed by atoms with van der Waals surface area (Å²) in [5, 5.41) is 8.36. The van der Waals surface area contributed by atoms with Gasteiger partial charge in [-0.3, -0.25) is 0 Å². The molecule has 68 valence electrons. The van der Waals surface area contributed by atoms with Crippen molar-refractivity contribution in [3.05, 3.63) is 0 Å². The summed E-state index contributed by atoms with van der Waals surface area (Å²) in [6, 6.07) is -0.516. The van der Waals surface area contributed by atoms with Gasteiger partial charge in [-0.25, -0.2) is 0 Å². The Bertz CT molecular complexity index is 104. The highest BCUT2D eigenvalue weighted by Gasteiger charge is 2.26. The van der Waals surface area contributed by atoms with Crippen molar-refractivity contribution in [3.8, 4) is 0 Å². The van der Waals surface area contributed by atoms with Crippen LogP contribution >= 0.6 is 0 Å². The first-order valence-corrected chi connectivity index (χ1v) is 3.39. The maximum absolute atomic E-state index is 11.5. The molecule has 0 aliphatic rings. The van der Waals surface area contributed by atoms with E-state index in [4.69, 9.17) is 10.8 Å². The van der Waals surface area contributed by atoms with Gasteiger partial charge in [-0.2, -0.15) is 13.2 Å². The normalized spacial score (nSPS) is 15.0. The molecule has 0 heterocycles. The fourth-order valence-electron chi connectivity index (χ4n) is 0.656. The maximum atomic E-state index is 11.5. The van der Waals surface area contributed by atoms with Crippen molar-refractivity contribution in [1.29, 1.82) is 0 Å². The molecule has 0 fully saturated rings. The van der Waals surface area contributed by atoms with Crippen molar-refractivity contribution >= 4 is 0 Å². The van der Waals surface area contributed by atoms with Crippen molar-refractivity contribution in [2.24, 2.45) is 5.73 Å². The minimum Gasteiger partial charge on any atom is -0.395 e. The van der Waals surface area contributed by atoms with E-state index in [0.717, 1.165) is 0 Å². The van der Waals surface area contributed by atoms with Gasteiger partial charge in [-0.05, 0) is 12.8 Å². The highest BCUT2D eigenvalue weighted by atomic mass is 19.4. The molecule has 0 aromatic carbocycles. The lowest BCUT2D eigenvalue weighted by molar-refractivity contribution is -0.135. The molecule has 0 amide bonds. The number of alkyl halides is 3. The van der Waals surface area contributed by atoms with E-state index in [-0.39, 0.29) is 19.4 Å². The van der Waals surface area contributed by atoms with Crippen molar-refractivity contribution in [1.82, 2.24) is 0 Å². The van der Waals surface area contributed by atoms with Crippen LogP contribution in [0.1, 0.15) is 19.3 Å². The second kappa shape index (κ2) is 4.56. The SMILES string of the molecule is N[C@@H](CO)CCCC(F)(F)F. The van der Waals surface area contributed by atoms with Crippen LogP contribution in [0.2, 0.25) is 0 Å². The van der Waals surface area contributed by atoms with Crippen LogP contribution in [0.4, 0.5) is 13.2 Å². The molecule has 0 radical (unpaired) electrons. The molecule has 0 rings (SSSR count). The summed E-state index contributed by atoms with van der Waals surface area (Å²) in [7, 11) is 0. The third kappa shape index (κ3) is 7.61. The highest BCUT2D eigenvalue weighted by Crippen LogP contribution is 2.22. The van der Waals surface area contributed by atoms with Crippen molar-refractivity contribution in [2.45, 2.75) is 31.5 Å². The monoisotopic (exact) mass is 171 g/mol. The Balaban J connectivity index is 3.28. The van der Waals surface area contributed by atoms with Gasteiger partial charge in [-0.15, -0.1) is 0 Å². The van der Waals surface area contributed by atoms with E-state index in [2.05, 4.69) is 0 Å². The zero-order valence-corrected chi connectivity index (χ0v) is 6.06. The Morgan fingerprint density at radius 2 is 1.91 bits per heavy atom. The number of rotatable bonds is 4. The number of nitrogens with two attached hydrogens (primary N) is 1. The molecule has 2 nitrogen and oxygen atoms in total. The van der Waals surface area contributed by atoms with Crippen LogP contribution in [0, 0.1) is 0 Å². The van der Waals surface area contributed by atoms with Crippen molar-refractivity contribution < 1.29 is 18.3 Å². The van der Waals surface area contributed by atoms with Crippen molar-refractivity contribution in [2.75, 3.05) is 6.61 Å². The molecule has 0 aliphatic heterocycles. The predicted molar refractivity (Wildman–Crippen MR) is 35.0 cm³/mol. The molecular formula is C6H12F3NO. The Morgan fingerprint density at radius 3 is 2.27 bits per heavy atom. The number of halogens is 3. The maximum Gasteiger partial charge on any atom is 0.389 e. The van der Waals surface area contributed by atoms with Gasteiger partial charge in [-0.1, -0.05) is 0 Å². The second-order valence-electron chi connectivity index (χ2n) is 2.45. The van der Waals surface area contributed by atoms with Gasteiger partial charge in [0, 0.05) is 12.5 Å². The number of hydrogen-bond acceptors (Lipinski definition) is 2. The lowest BCUT2D eigenvalue weighted by Crippen LogP contribution is -2.24. The smallest absolute Gasteiger partial charge is 0.389 e. The summed E-state index contributed by atoms with van der Waals surface area (Å²) in [6.07, 6.45) is -4.71. The van der Waals surface area contributed by atoms with Gasteiger partial charge in [0.2, 0.25) is 0 Å². The Morgan fingerprint density at radius 1 is 1.36 bits per heavy atom. The zero-order valence-electron chi connectivity index (χ0n) is 6.06. The molecule has 5 heteroatoms. The van der Waals surface area contributed by atoms with Gasteiger partial charge in [0.15, 0.2) is 0 Å². The van der Waals surface area contributed by atoms with Crippen molar-refractivity contribution in [3.63, 3.8) is 0 Å². The van der Waals surface area contributed by atoms with E-state index in [1.165, 1.54) is 0 Å². The number of aliphatic hydroxyl groups is 1. The summed E-state index contributed by atoms with van der Waals surface area (Å²) in [4.78, 5) is 0. The molecule has 0 saturated carbocycles. The van der Waals surface area contributed by atoms with Gasteiger partial charge in [0.25, 0.3) is 0 Å². The van der Waals surface area contributed by atoms with Crippen LogP contribution < -0.4 is 5.73 Å². The standard InChI is InChI=1S/C6H12F3NO/c7-6(8,9)3-1-2-5(10)4-11/h5,11H,1-4,10H2/t5-/m1/s1. The van der Waals surface area contributed by atoms with E-state index in [0.29, 0.717) is 0 Å². The molecule has 0 aromatic heterocycles. The van der Waals surface area contributed by atoms with Gasteiger partial charge in [0.1, 0.15) is 0 Å². The third-order valence-electron chi connectivity index (χ3n) is 1.27. The van der Waals surface area contributed by atoms with E-state index in [1.807, 2.05) is 0 Å².